The van der Waals surface area contributed by atoms with Gasteiger partial charge in [-0.05, 0) is 36.8 Å². The molecule has 0 amide bonds. The summed E-state index contributed by atoms with van der Waals surface area (Å²) < 4.78 is 34.5. The van der Waals surface area contributed by atoms with Gasteiger partial charge in [0.25, 0.3) is 0 Å². The number of rotatable bonds is 8. The van der Waals surface area contributed by atoms with E-state index in [4.69, 9.17) is 4.74 Å². The molecule has 0 saturated carbocycles. The summed E-state index contributed by atoms with van der Waals surface area (Å²) >= 11 is 0. The van der Waals surface area contributed by atoms with Crippen LogP contribution in [0.2, 0.25) is 0 Å². The average molecular weight is 397 g/mol. The molecule has 0 aliphatic carbocycles. The van der Waals surface area contributed by atoms with Crippen LogP contribution in [0.4, 0.5) is 0 Å². The molecule has 1 N–H and O–H groups in total. The number of nitriles is 1. The van der Waals surface area contributed by atoms with E-state index in [1.54, 1.807) is 59.5 Å². The molecular weight excluding hydrogens is 378 g/mol. The fraction of sp³-hybridized carbons (Fsp3) is 0.211. The summed E-state index contributed by atoms with van der Waals surface area (Å²) in [5, 5.41) is 13.5. The molecule has 0 radical (unpaired) electrons. The molecule has 0 fully saturated rings. The molecule has 1 unspecified atom stereocenters. The molecule has 2 aromatic carbocycles. The Kier molecular flexibility index (Phi) is 5.73. The van der Waals surface area contributed by atoms with Crippen molar-refractivity contribution in [2.45, 2.75) is 18.2 Å². The van der Waals surface area contributed by atoms with Crippen molar-refractivity contribution < 1.29 is 13.2 Å². The number of hydrogen-bond donors (Lipinski definition) is 1. The van der Waals surface area contributed by atoms with Gasteiger partial charge in [0.05, 0.1) is 17.5 Å². The molecule has 0 saturated heterocycles. The van der Waals surface area contributed by atoms with E-state index in [1.165, 1.54) is 13.3 Å². The molecule has 0 aliphatic rings. The van der Waals surface area contributed by atoms with Crippen LogP contribution in [-0.4, -0.2) is 35.3 Å². The number of nitrogens with one attached hydrogen (secondary N) is 1. The summed E-state index contributed by atoms with van der Waals surface area (Å²) in [7, 11) is -3.72. The zero-order chi connectivity index (χ0) is 20.0. The van der Waals surface area contributed by atoms with Gasteiger partial charge in [-0.2, -0.15) is 15.1 Å². The highest BCUT2D eigenvalue weighted by molar-refractivity contribution is 7.88. The highest BCUT2D eigenvalue weighted by Crippen LogP contribution is 2.17. The van der Waals surface area contributed by atoms with Crippen LogP contribution in [0.5, 0.6) is 5.75 Å². The minimum Gasteiger partial charge on any atom is -0.491 e. The predicted molar refractivity (Wildman–Crippen MR) is 103 cm³/mol. The van der Waals surface area contributed by atoms with E-state index < -0.39 is 15.6 Å². The largest absolute Gasteiger partial charge is 0.491 e. The molecule has 0 aliphatic heterocycles. The van der Waals surface area contributed by atoms with Crippen LogP contribution >= 0.6 is 0 Å². The lowest BCUT2D eigenvalue weighted by Crippen LogP contribution is -2.49. The van der Waals surface area contributed by atoms with Crippen LogP contribution in [0.15, 0.2) is 67.3 Å². The molecule has 1 aromatic heterocycles. The van der Waals surface area contributed by atoms with Crippen molar-refractivity contribution in [3.8, 4) is 17.5 Å². The number of benzene rings is 2. The van der Waals surface area contributed by atoms with Gasteiger partial charge in [-0.3, -0.25) is 0 Å². The monoisotopic (exact) mass is 397 g/mol. The third-order valence-corrected chi connectivity index (χ3v) is 5.35. The zero-order valence-electron chi connectivity index (χ0n) is 15.2. The van der Waals surface area contributed by atoms with Crippen LogP contribution in [0.3, 0.4) is 0 Å². The van der Waals surface area contributed by atoms with E-state index in [9.17, 15) is 13.7 Å². The molecule has 0 bridgehead atoms. The number of nitrogens with zero attached hydrogens (tertiary/aromatic N) is 4. The summed E-state index contributed by atoms with van der Waals surface area (Å²) in [4.78, 5) is 3.88. The van der Waals surface area contributed by atoms with Gasteiger partial charge in [0.1, 0.15) is 25.0 Å². The van der Waals surface area contributed by atoms with Crippen molar-refractivity contribution in [3.05, 3.63) is 72.8 Å². The normalized spacial score (nSPS) is 13.4. The molecule has 3 rings (SSSR count). The Balaban J connectivity index is 1.63. The van der Waals surface area contributed by atoms with Gasteiger partial charge in [0.2, 0.25) is 10.0 Å². The quantitative estimate of drug-likeness (QED) is 0.623. The van der Waals surface area contributed by atoms with Gasteiger partial charge in [0.15, 0.2) is 5.54 Å². The third kappa shape index (κ3) is 5.16. The van der Waals surface area contributed by atoms with Gasteiger partial charge in [-0.25, -0.2) is 18.1 Å². The van der Waals surface area contributed by atoms with Gasteiger partial charge < -0.3 is 4.74 Å². The Bertz CT molecular complexity index is 1050. The number of hydrogen-bond acceptors (Lipinski definition) is 6. The number of ether oxygens (including phenoxy) is 1. The molecule has 1 atom stereocenters. The Hall–Kier alpha value is -3.22. The highest BCUT2D eigenvalue weighted by Gasteiger charge is 2.31. The minimum absolute atomic E-state index is 0.139. The van der Waals surface area contributed by atoms with Crippen molar-refractivity contribution >= 4 is 10.0 Å². The molecule has 1 heterocycles. The molecule has 0 spiro atoms. The van der Waals surface area contributed by atoms with Gasteiger partial charge in [0, 0.05) is 0 Å². The summed E-state index contributed by atoms with van der Waals surface area (Å²) in [6.07, 6.45) is 3.01. The SMILES string of the molecule is CC(C#N)(COc1ccc(-n2cncn2)cc1)NS(=O)(=O)Cc1ccccc1. The van der Waals surface area contributed by atoms with E-state index in [2.05, 4.69) is 14.8 Å². The first-order valence-electron chi connectivity index (χ1n) is 8.44. The Morgan fingerprint density at radius 2 is 1.89 bits per heavy atom. The van der Waals surface area contributed by atoms with Crippen molar-refractivity contribution in [1.82, 2.24) is 19.5 Å². The lowest BCUT2D eigenvalue weighted by atomic mass is 10.1. The predicted octanol–water partition coefficient (Wildman–Crippen LogP) is 2.05. The molecule has 8 nitrogen and oxygen atoms in total. The van der Waals surface area contributed by atoms with Crippen LogP contribution in [0.1, 0.15) is 12.5 Å². The van der Waals surface area contributed by atoms with E-state index in [0.717, 1.165) is 5.69 Å². The first-order chi connectivity index (χ1) is 13.4. The van der Waals surface area contributed by atoms with Crippen LogP contribution in [-0.2, 0) is 15.8 Å². The second-order valence-electron chi connectivity index (χ2n) is 6.41. The zero-order valence-corrected chi connectivity index (χ0v) is 16.0. The van der Waals surface area contributed by atoms with E-state index in [0.29, 0.717) is 11.3 Å². The maximum absolute atomic E-state index is 12.4. The molecule has 144 valence electrons. The number of sulfonamides is 1. The maximum Gasteiger partial charge on any atom is 0.217 e. The Morgan fingerprint density at radius 1 is 1.18 bits per heavy atom. The first kappa shape index (κ1) is 19.5. The summed E-state index contributed by atoms with van der Waals surface area (Å²) in [6.45, 7) is 1.35. The summed E-state index contributed by atoms with van der Waals surface area (Å²) in [5.41, 5.74) is 0.0365. The van der Waals surface area contributed by atoms with Crippen molar-refractivity contribution in [1.29, 1.82) is 5.26 Å². The van der Waals surface area contributed by atoms with E-state index >= 15 is 0 Å². The van der Waals surface area contributed by atoms with Crippen molar-refractivity contribution in [2.75, 3.05) is 6.61 Å². The molecule has 9 heteroatoms. The van der Waals surface area contributed by atoms with Crippen LogP contribution in [0, 0.1) is 11.3 Å². The topological polar surface area (TPSA) is 110 Å². The van der Waals surface area contributed by atoms with Gasteiger partial charge in [-0.15, -0.1) is 0 Å². The van der Waals surface area contributed by atoms with E-state index in [-0.39, 0.29) is 12.4 Å². The smallest absolute Gasteiger partial charge is 0.217 e. The van der Waals surface area contributed by atoms with Crippen LogP contribution in [0.25, 0.3) is 5.69 Å². The fourth-order valence-corrected chi connectivity index (χ4v) is 4.02. The Morgan fingerprint density at radius 3 is 2.50 bits per heavy atom. The first-order valence-corrected chi connectivity index (χ1v) is 10.1. The number of aromatic nitrogens is 3. The summed E-state index contributed by atoms with van der Waals surface area (Å²) in [5.74, 6) is 0.296. The second kappa shape index (κ2) is 8.21. The maximum atomic E-state index is 12.4. The minimum atomic E-state index is -3.72. The van der Waals surface area contributed by atoms with E-state index in [1.807, 2.05) is 12.1 Å². The molecule has 28 heavy (non-hydrogen) atoms. The standard InChI is InChI=1S/C19H19N5O3S/c1-19(12-20,23-28(25,26)11-16-5-3-2-4-6-16)13-27-18-9-7-17(8-10-18)24-15-21-14-22-24/h2-10,14-15,23H,11,13H2,1H3. The second-order valence-corrected chi connectivity index (χ2v) is 8.14. The lowest BCUT2D eigenvalue weighted by molar-refractivity contribution is 0.252. The Labute approximate surface area is 163 Å². The lowest BCUT2D eigenvalue weighted by Gasteiger charge is -2.23. The van der Waals surface area contributed by atoms with Gasteiger partial charge in [-0.1, -0.05) is 30.3 Å². The fourth-order valence-electron chi connectivity index (χ4n) is 2.52. The van der Waals surface area contributed by atoms with Crippen molar-refractivity contribution in [3.63, 3.8) is 0 Å². The third-order valence-electron chi connectivity index (χ3n) is 3.87. The van der Waals surface area contributed by atoms with Crippen molar-refractivity contribution in [2.24, 2.45) is 0 Å². The molecule has 3 aromatic rings. The van der Waals surface area contributed by atoms with Gasteiger partial charge >= 0.3 is 0 Å². The highest BCUT2D eigenvalue weighted by atomic mass is 32.2. The summed E-state index contributed by atoms with van der Waals surface area (Å²) in [6, 6.07) is 17.8. The van der Waals surface area contributed by atoms with Crippen LogP contribution < -0.4 is 9.46 Å². The molecular formula is C19H19N5O3S. The average Bonchev–Trinajstić information content (AvgIpc) is 3.22.